The third kappa shape index (κ3) is 2.05. The van der Waals surface area contributed by atoms with Crippen molar-refractivity contribution in [2.24, 2.45) is 5.84 Å². The number of pyridine rings is 1. The third-order valence-electron chi connectivity index (χ3n) is 2.90. The number of hydrogen-bond acceptors (Lipinski definition) is 2. The van der Waals surface area contributed by atoms with Crippen LogP contribution in [0.15, 0.2) is 24.5 Å². The standard InChI is InChI=1S/C10H16N3.ClH/c1-13(11)7-3-5-10(13)9-4-2-6-12-8-9;/h2,4,6,8,10H,3,5,7,11H2,1H3;1H/q+1;/p-1. The average Bonchev–Trinajstić information content (AvgIpc) is 2.47. The molecule has 0 aromatic carbocycles. The number of rotatable bonds is 1. The number of quaternary nitrogens is 1. The maximum atomic E-state index is 6.16. The van der Waals surface area contributed by atoms with Crippen LogP contribution in [0.4, 0.5) is 0 Å². The monoisotopic (exact) mass is 213 g/mol. The molecule has 4 heteroatoms. The molecule has 1 aromatic rings. The van der Waals surface area contributed by atoms with Crippen LogP contribution >= 0.6 is 0 Å². The van der Waals surface area contributed by atoms with E-state index in [9.17, 15) is 0 Å². The van der Waals surface area contributed by atoms with E-state index in [4.69, 9.17) is 5.84 Å². The van der Waals surface area contributed by atoms with E-state index >= 15 is 0 Å². The van der Waals surface area contributed by atoms with Gasteiger partial charge in [-0.3, -0.25) is 4.98 Å². The van der Waals surface area contributed by atoms with Gasteiger partial charge in [-0.1, -0.05) is 0 Å². The molecule has 1 aromatic heterocycles. The topological polar surface area (TPSA) is 38.9 Å². The predicted octanol–water partition coefficient (Wildman–Crippen LogP) is -1.76. The molecule has 1 saturated heterocycles. The molecule has 0 amide bonds. The minimum Gasteiger partial charge on any atom is -1.00 e. The van der Waals surface area contributed by atoms with Crippen molar-refractivity contribution in [1.29, 1.82) is 0 Å². The second-order valence-corrected chi connectivity index (χ2v) is 4.01. The van der Waals surface area contributed by atoms with Crippen molar-refractivity contribution in [2.45, 2.75) is 18.9 Å². The van der Waals surface area contributed by atoms with Gasteiger partial charge in [0.15, 0.2) is 0 Å². The number of hydrogen-bond donors (Lipinski definition) is 1. The van der Waals surface area contributed by atoms with Gasteiger partial charge in [-0.05, 0) is 12.1 Å². The highest BCUT2D eigenvalue weighted by molar-refractivity contribution is 5.12. The van der Waals surface area contributed by atoms with Crippen molar-refractivity contribution >= 4 is 0 Å². The lowest BCUT2D eigenvalue weighted by molar-refractivity contribution is -0.938. The fraction of sp³-hybridized carbons (Fsp3) is 0.500. The van der Waals surface area contributed by atoms with Crippen molar-refractivity contribution in [2.75, 3.05) is 13.6 Å². The van der Waals surface area contributed by atoms with Gasteiger partial charge < -0.3 is 12.4 Å². The molecule has 0 bridgehead atoms. The quantitative estimate of drug-likeness (QED) is 0.444. The second kappa shape index (κ2) is 4.26. The Labute approximate surface area is 90.9 Å². The maximum absolute atomic E-state index is 6.16. The van der Waals surface area contributed by atoms with Crippen molar-refractivity contribution in [3.8, 4) is 0 Å². The van der Waals surface area contributed by atoms with Gasteiger partial charge in [0.2, 0.25) is 0 Å². The van der Waals surface area contributed by atoms with Crippen LogP contribution in [0.3, 0.4) is 0 Å². The Bertz CT molecular complexity index is 287. The third-order valence-corrected chi connectivity index (χ3v) is 2.90. The fourth-order valence-electron chi connectivity index (χ4n) is 2.16. The Balaban J connectivity index is 0.000000980. The van der Waals surface area contributed by atoms with Crippen molar-refractivity contribution in [3.05, 3.63) is 30.1 Å². The lowest BCUT2D eigenvalue weighted by Gasteiger charge is -2.29. The summed E-state index contributed by atoms with van der Waals surface area (Å²) in [5, 5.41) is 0. The van der Waals surface area contributed by atoms with Crippen molar-refractivity contribution in [1.82, 2.24) is 4.98 Å². The normalized spacial score (nSPS) is 31.1. The lowest BCUT2D eigenvalue weighted by atomic mass is 10.1. The molecule has 0 radical (unpaired) electrons. The average molecular weight is 214 g/mol. The number of nitrogens with zero attached hydrogens (tertiary/aromatic N) is 2. The van der Waals surface area contributed by atoms with Crippen LogP contribution < -0.4 is 18.2 Å². The number of likely N-dealkylation sites (tertiary alicyclic amines) is 1. The Morgan fingerprint density at radius 1 is 1.57 bits per heavy atom. The van der Waals surface area contributed by atoms with Crippen molar-refractivity contribution < 1.29 is 17.0 Å². The molecule has 78 valence electrons. The summed E-state index contributed by atoms with van der Waals surface area (Å²) in [4.78, 5) is 4.13. The second-order valence-electron chi connectivity index (χ2n) is 4.01. The van der Waals surface area contributed by atoms with Gasteiger partial charge in [0.25, 0.3) is 0 Å². The molecular formula is C10H16ClN3. The highest BCUT2D eigenvalue weighted by Crippen LogP contribution is 2.33. The van der Waals surface area contributed by atoms with Gasteiger partial charge in [0.1, 0.15) is 6.04 Å². The Morgan fingerprint density at radius 3 is 2.86 bits per heavy atom. The number of aromatic nitrogens is 1. The largest absolute Gasteiger partial charge is 1.00 e. The zero-order chi connectivity index (χ0) is 9.31. The van der Waals surface area contributed by atoms with Gasteiger partial charge in [-0.25, -0.2) is 4.59 Å². The van der Waals surface area contributed by atoms with E-state index < -0.39 is 0 Å². The highest BCUT2D eigenvalue weighted by atomic mass is 35.5. The van der Waals surface area contributed by atoms with Gasteiger partial charge in [-0.15, -0.1) is 0 Å². The number of halogens is 1. The SMILES string of the molecule is C[N+]1(N)CCCC1c1cccnc1.[Cl-]. The molecule has 1 fully saturated rings. The molecule has 2 rings (SSSR count). The first-order valence-corrected chi connectivity index (χ1v) is 4.74. The van der Waals surface area contributed by atoms with E-state index in [1.54, 1.807) is 6.20 Å². The van der Waals surface area contributed by atoms with E-state index in [-0.39, 0.29) is 12.4 Å². The van der Waals surface area contributed by atoms with E-state index in [0.29, 0.717) is 10.6 Å². The molecular weight excluding hydrogens is 198 g/mol. The van der Waals surface area contributed by atoms with Crippen molar-refractivity contribution in [3.63, 3.8) is 0 Å². The van der Waals surface area contributed by atoms with Crippen LogP contribution in [0.1, 0.15) is 24.4 Å². The van der Waals surface area contributed by atoms with E-state index in [1.165, 1.54) is 18.4 Å². The molecule has 0 aliphatic carbocycles. The summed E-state index contributed by atoms with van der Waals surface area (Å²) in [6, 6.07) is 4.54. The van der Waals surface area contributed by atoms with Crippen LogP contribution in [0, 0.1) is 0 Å². The first-order chi connectivity index (χ1) is 6.20. The summed E-state index contributed by atoms with van der Waals surface area (Å²) in [5.41, 5.74) is 1.27. The van der Waals surface area contributed by atoms with Crippen LogP contribution in [0.5, 0.6) is 0 Å². The molecule has 2 unspecified atom stereocenters. The molecule has 14 heavy (non-hydrogen) atoms. The zero-order valence-electron chi connectivity index (χ0n) is 8.36. The Hall–Kier alpha value is -0.640. The predicted molar refractivity (Wildman–Crippen MR) is 51.5 cm³/mol. The van der Waals surface area contributed by atoms with Gasteiger partial charge in [0.05, 0.1) is 13.6 Å². The minimum atomic E-state index is 0. The molecule has 2 heterocycles. The Morgan fingerprint density at radius 2 is 2.36 bits per heavy atom. The molecule has 2 atom stereocenters. The molecule has 1 aliphatic rings. The van der Waals surface area contributed by atoms with E-state index in [2.05, 4.69) is 18.1 Å². The maximum Gasteiger partial charge on any atom is 0.133 e. The summed E-state index contributed by atoms with van der Waals surface area (Å²) in [6.45, 7) is 1.07. The summed E-state index contributed by atoms with van der Waals surface area (Å²) >= 11 is 0. The van der Waals surface area contributed by atoms with Gasteiger partial charge >= 0.3 is 0 Å². The highest BCUT2D eigenvalue weighted by Gasteiger charge is 2.36. The lowest BCUT2D eigenvalue weighted by Crippen LogP contribution is -3.00. The van der Waals surface area contributed by atoms with Crippen LogP contribution in [-0.2, 0) is 0 Å². The van der Waals surface area contributed by atoms with Crippen LogP contribution in [-0.4, -0.2) is 23.2 Å². The van der Waals surface area contributed by atoms with E-state index in [0.717, 1.165) is 6.54 Å². The molecule has 3 nitrogen and oxygen atoms in total. The van der Waals surface area contributed by atoms with Crippen LogP contribution in [0.25, 0.3) is 0 Å². The smallest absolute Gasteiger partial charge is 0.133 e. The fourth-order valence-corrected chi connectivity index (χ4v) is 2.16. The van der Waals surface area contributed by atoms with Gasteiger partial charge in [0, 0.05) is 30.8 Å². The van der Waals surface area contributed by atoms with E-state index in [1.807, 2.05) is 12.3 Å². The van der Waals surface area contributed by atoms with Gasteiger partial charge in [-0.2, -0.15) is 5.84 Å². The molecule has 0 saturated carbocycles. The summed E-state index contributed by atoms with van der Waals surface area (Å²) in [7, 11) is 2.09. The minimum absolute atomic E-state index is 0. The summed E-state index contributed by atoms with van der Waals surface area (Å²) < 4.78 is 0.617. The zero-order valence-corrected chi connectivity index (χ0v) is 9.11. The number of nitrogens with two attached hydrogens (primary N) is 1. The molecule has 1 aliphatic heterocycles. The first-order valence-electron chi connectivity index (χ1n) is 4.74. The Kier molecular flexibility index (Phi) is 3.48. The van der Waals surface area contributed by atoms with Crippen LogP contribution in [0.2, 0.25) is 0 Å². The molecule has 2 N–H and O–H groups in total. The molecule has 0 spiro atoms. The summed E-state index contributed by atoms with van der Waals surface area (Å²) in [5.74, 6) is 6.16. The summed E-state index contributed by atoms with van der Waals surface area (Å²) in [6.07, 6.45) is 6.13. The first kappa shape index (κ1) is 11.4.